The first-order valence-electron chi connectivity index (χ1n) is 7.12. The minimum Gasteiger partial charge on any atom is -0.342 e. The highest BCUT2D eigenvalue weighted by molar-refractivity contribution is 7.16. The first-order chi connectivity index (χ1) is 10.0. The number of aryl methyl sites for hydroxylation is 1. The monoisotopic (exact) mass is 305 g/mol. The molecule has 0 aromatic carbocycles. The zero-order valence-electron chi connectivity index (χ0n) is 12.5. The van der Waals surface area contributed by atoms with Gasteiger partial charge in [-0.05, 0) is 25.8 Å². The minimum atomic E-state index is -0.323. The van der Waals surface area contributed by atoms with Crippen molar-refractivity contribution in [2.24, 2.45) is 5.92 Å². The van der Waals surface area contributed by atoms with Gasteiger partial charge in [-0.1, -0.05) is 6.92 Å². The molecule has 0 bridgehead atoms. The Bertz CT molecular complexity index is 615. The van der Waals surface area contributed by atoms with Crippen LogP contribution in [0.3, 0.4) is 0 Å². The summed E-state index contributed by atoms with van der Waals surface area (Å²) in [6.45, 7) is 6.95. The molecular weight excluding hydrogens is 286 g/mol. The van der Waals surface area contributed by atoms with Crippen molar-refractivity contribution in [2.45, 2.75) is 33.6 Å². The number of likely N-dealkylation sites (tertiary alicyclic amines) is 1. The Morgan fingerprint density at radius 3 is 2.76 bits per heavy atom. The quantitative estimate of drug-likeness (QED) is 0.927. The van der Waals surface area contributed by atoms with E-state index >= 15 is 0 Å². The van der Waals surface area contributed by atoms with E-state index in [0.29, 0.717) is 23.7 Å². The van der Waals surface area contributed by atoms with Crippen LogP contribution in [-0.2, 0) is 16.0 Å². The highest BCUT2D eigenvalue weighted by Crippen LogP contribution is 2.33. The highest BCUT2D eigenvalue weighted by atomic mass is 32.1. The largest absolute Gasteiger partial charge is 0.342 e. The lowest BCUT2D eigenvalue weighted by atomic mass is 10.1. The molecule has 5 nitrogen and oxygen atoms in total. The van der Waals surface area contributed by atoms with Gasteiger partial charge in [-0.25, -0.2) is 0 Å². The van der Waals surface area contributed by atoms with Crippen molar-refractivity contribution >= 4 is 28.2 Å². The van der Waals surface area contributed by atoms with Gasteiger partial charge in [0.2, 0.25) is 11.8 Å². The molecule has 2 amide bonds. The Balaban J connectivity index is 2.14. The average molecular weight is 305 g/mol. The molecule has 0 radical (unpaired) electrons. The van der Waals surface area contributed by atoms with Gasteiger partial charge in [0.1, 0.15) is 11.1 Å². The van der Waals surface area contributed by atoms with Crippen LogP contribution in [0, 0.1) is 24.2 Å². The number of hydrogen-bond donors (Lipinski definition) is 1. The lowest BCUT2D eigenvalue weighted by Crippen LogP contribution is -2.28. The number of nitrogens with zero attached hydrogens (tertiary/aromatic N) is 2. The molecule has 21 heavy (non-hydrogen) atoms. The number of hydrogen-bond acceptors (Lipinski definition) is 4. The third-order valence-corrected chi connectivity index (χ3v) is 4.94. The Labute approximate surface area is 128 Å². The summed E-state index contributed by atoms with van der Waals surface area (Å²) in [6.07, 6.45) is 1.03. The molecule has 0 aliphatic carbocycles. The fraction of sp³-hybridized carbons (Fsp3) is 0.533. The molecule has 6 heteroatoms. The number of anilines is 1. The standard InChI is InChI=1S/C15H19N3O2S/c1-4-11-9(3)21-15(12(11)7-16)17-14(20)10-6-13(19)18(5-2)8-10/h10H,4-6,8H2,1-3H3,(H,17,20)/t10-/m1/s1. The van der Waals surface area contributed by atoms with Gasteiger partial charge < -0.3 is 10.2 Å². The average Bonchev–Trinajstić information content (AvgIpc) is 2.98. The van der Waals surface area contributed by atoms with Crippen LogP contribution in [0.15, 0.2) is 0 Å². The Hall–Kier alpha value is -1.87. The number of thiophene rings is 1. The van der Waals surface area contributed by atoms with Crippen molar-refractivity contribution in [2.75, 3.05) is 18.4 Å². The van der Waals surface area contributed by atoms with E-state index in [1.165, 1.54) is 11.3 Å². The number of carbonyl (C=O) groups excluding carboxylic acids is 2. The fourth-order valence-corrected chi connectivity index (χ4v) is 3.78. The second kappa shape index (κ2) is 6.27. The summed E-state index contributed by atoms with van der Waals surface area (Å²) in [5, 5.41) is 12.7. The number of amides is 2. The third kappa shape index (κ3) is 2.93. The van der Waals surface area contributed by atoms with Crippen molar-refractivity contribution in [1.29, 1.82) is 5.26 Å². The van der Waals surface area contributed by atoms with Crippen molar-refractivity contribution in [3.8, 4) is 6.07 Å². The van der Waals surface area contributed by atoms with E-state index in [0.717, 1.165) is 16.9 Å². The molecule has 1 aromatic rings. The van der Waals surface area contributed by atoms with Crippen molar-refractivity contribution in [1.82, 2.24) is 4.90 Å². The van der Waals surface area contributed by atoms with Gasteiger partial charge in [0.05, 0.1) is 11.5 Å². The van der Waals surface area contributed by atoms with Crippen molar-refractivity contribution in [3.63, 3.8) is 0 Å². The van der Waals surface area contributed by atoms with E-state index in [1.54, 1.807) is 4.90 Å². The van der Waals surface area contributed by atoms with Gasteiger partial charge in [-0.3, -0.25) is 9.59 Å². The predicted molar refractivity (Wildman–Crippen MR) is 82.1 cm³/mol. The number of nitrogens with one attached hydrogen (secondary N) is 1. The van der Waals surface area contributed by atoms with Crippen LogP contribution in [0.4, 0.5) is 5.00 Å². The maximum absolute atomic E-state index is 12.3. The first kappa shape index (κ1) is 15.5. The molecule has 0 spiro atoms. The zero-order valence-corrected chi connectivity index (χ0v) is 13.3. The minimum absolute atomic E-state index is 0.0229. The van der Waals surface area contributed by atoms with E-state index < -0.39 is 0 Å². The second-order valence-electron chi connectivity index (χ2n) is 5.13. The van der Waals surface area contributed by atoms with Crippen molar-refractivity contribution in [3.05, 3.63) is 16.0 Å². The lowest BCUT2D eigenvalue weighted by Gasteiger charge is -2.13. The molecule has 1 atom stereocenters. The smallest absolute Gasteiger partial charge is 0.230 e. The molecule has 1 saturated heterocycles. The molecule has 1 fully saturated rings. The van der Waals surface area contributed by atoms with Gasteiger partial charge in [-0.2, -0.15) is 5.26 Å². The molecule has 112 valence electrons. The molecule has 2 rings (SSSR count). The summed E-state index contributed by atoms with van der Waals surface area (Å²) < 4.78 is 0. The van der Waals surface area contributed by atoms with Gasteiger partial charge in [0.25, 0.3) is 0 Å². The summed E-state index contributed by atoms with van der Waals surface area (Å²) >= 11 is 1.43. The van der Waals surface area contributed by atoms with E-state index in [1.807, 2.05) is 20.8 Å². The summed E-state index contributed by atoms with van der Waals surface area (Å²) in [7, 11) is 0. The maximum Gasteiger partial charge on any atom is 0.230 e. The highest BCUT2D eigenvalue weighted by Gasteiger charge is 2.34. The van der Waals surface area contributed by atoms with Gasteiger partial charge in [-0.15, -0.1) is 11.3 Å². The van der Waals surface area contributed by atoms with Crippen LogP contribution >= 0.6 is 11.3 Å². The Morgan fingerprint density at radius 1 is 1.52 bits per heavy atom. The summed E-state index contributed by atoms with van der Waals surface area (Å²) in [6, 6.07) is 2.18. The van der Waals surface area contributed by atoms with Crippen LogP contribution in [0.25, 0.3) is 0 Å². The van der Waals surface area contributed by atoms with E-state index in [-0.39, 0.29) is 24.2 Å². The Morgan fingerprint density at radius 2 is 2.24 bits per heavy atom. The zero-order chi connectivity index (χ0) is 15.6. The van der Waals surface area contributed by atoms with Gasteiger partial charge >= 0.3 is 0 Å². The van der Waals surface area contributed by atoms with E-state index in [2.05, 4.69) is 11.4 Å². The Kier molecular flexibility index (Phi) is 4.63. The number of carbonyl (C=O) groups is 2. The maximum atomic E-state index is 12.3. The van der Waals surface area contributed by atoms with Crippen LogP contribution in [0.1, 0.15) is 36.3 Å². The lowest BCUT2D eigenvalue weighted by molar-refractivity contribution is -0.128. The summed E-state index contributed by atoms with van der Waals surface area (Å²) in [5.41, 5.74) is 1.56. The molecule has 2 heterocycles. The number of nitriles is 1. The van der Waals surface area contributed by atoms with Crippen LogP contribution in [0.2, 0.25) is 0 Å². The van der Waals surface area contributed by atoms with Crippen molar-refractivity contribution < 1.29 is 9.59 Å². The SMILES string of the molecule is CCc1c(C)sc(NC(=O)[C@@H]2CC(=O)N(CC)C2)c1C#N. The molecule has 1 N–H and O–H groups in total. The molecule has 1 aromatic heterocycles. The first-order valence-corrected chi connectivity index (χ1v) is 7.94. The van der Waals surface area contributed by atoms with Crippen LogP contribution in [0.5, 0.6) is 0 Å². The van der Waals surface area contributed by atoms with Gasteiger partial charge in [0, 0.05) is 24.4 Å². The topological polar surface area (TPSA) is 73.2 Å². The van der Waals surface area contributed by atoms with Gasteiger partial charge in [0.15, 0.2) is 0 Å². The third-order valence-electron chi connectivity index (χ3n) is 3.88. The molecule has 1 aliphatic heterocycles. The molecule has 1 aliphatic rings. The summed E-state index contributed by atoms with van der Waals surface area (Å²) in [5.74, 6) is -0.467. The molecule has 0 unspecified atom stereocenters. The summed E-state index contributed by atoms with van der Waals surface area (Å²) in [4.78, 5) is 26.7. The predicted octanol–water partition coefficient (Wildman–Crippen LogP) is 2.30. The molecular formula is C15H19N3O2S. The van der Waals surface area contributed by atoms with E-state index in [4.69, 9.17) is 0 Å². The fourth-order valence-electron chi connectivity index (χ4n) is 2.68. The number of rotatable bonds is 4. The normalized spacial score (nSPS) is 17.9. The van der Waals surface area contributed by atoms with Crippen LogP contribution < -0.4 is 5.32 Å². The van der Waals surface area contributed by atoms with E-state index in [9.17, 15) is 14.9 Å². The second-order valence-corrected chi connectivity index (χ2v) is 6.35. The van der Waals surface area contributed by atoms with Crippen LogP contribution in [-0.4, -0.2) is 29.8 Å². The molecule has 0 saturated carbocycles.